The van der Waals surface area contributed by atoms with Gasteiger partial charge in [-0.2, -0.15) is 0 Å². The summed E-state index contributed by atoms with van der Waals surface area (Å²) < 4.78 is 27.1. The van der Waals surface area contributed by atoms with Crippen LogP contribution in [0, 0.1) is 0 Å². The Balaban J connectivity index is 2.11. The molecule has 1 aromatic carbocycles. The Morgan fingerprint density at radius 2 is 1.80 bits per heavy atom. The Labute approximate surface area is 119 Å². The van der Waals surface area contributed by atoms with Gasteiger partial charge in [0.2, 0.25) is 10.0 Å². The Kier molecular flexibility index (Phi) is 4.45. The Bertz CT molecular complexity index is 562. The second kappa shape index (κ2) is 5.93. The second-order valence-electron chi connectivity index (χ2n) is 5.40. The normalized spacial score (nSPS) is 18.0. The molecular weight excluding hydrogens is 278 g/mol. The van der Waals surface area contributed by atoms with Crippen molar-refractivity contribution in [2.45, 2.75) is 43.4 Å². The topological polar surface area (TPSA) is 83.5 Å². The fourth-order valence-corrected chi connectivity index (χ4v) is 4.46. The van der Waals surface area contributed by atoms with E-state index in [1.54, 1.807) is 24.3 Å². The van der Waals surface area contributed by atoms with E-state index >= 15 is 0 Å². The maximum atomic E-state index is 12.2. The molecule has 1 aromatic rings. The first kappa shape index (κ1) is 15.0. The van der Waals surface area contributed by atoms with Crippen LogP contribution in [0.4, 0.5) is 0 Å². The van der Waals surface area contributed by atoms with Gasteiger partial charge in [-0.1, -0.05) is 43.2 Å². The van der Waals surface area contributed by atoms with E-state index in [2.05, 4.69) is 4.72 Å². The molecule has 0 atom stereocenters. The number of nitrogens with one attached hydrogen (secondary N) is 1. The van der Waals surface area contributed by atoms with Crippen LogP contribution in [0.25, 0.3) is 0 Å². The number of rotatable bonds is 6. The van der Waals surface area contributed by atoms with E-state index in [1.165, 1.54) is 0 Å². The number of hydrogen-bond acceptors (Lipinski definition) is 3. The van der Waals surface area contributed by atoms with Gasteiger partial charge in [-0.25, -0.2) is 13.1 Å². The van der Waals surface area contributed by atoms with Crippen LogP contribution in [-0.2, 0) is 20.6 Å². The highest BCUT2D eigenvalue weighted by Gasteiger charge is 2.39. The molecule has 20 heavy (non-hydrogen) atoms. The fourth-order valence-electron chi connectivity index (χ4n) is 2.82. The third kappa shape index (κ3) is 4.05. The van der Waals surface area contributed by atoms with Crippen molar-refractivity contribution in [2.75, 3.05) is 0 Å². The van der Waals surface area contributed by atoms with Crippen molar-refractivity contribution in [3.8, 4) is 0 Å². The number of sulfonamides is 1. The van der Waals surface area contributed by atoms with E-state index in [9.17, 15) is 13.2 Å². The molecule has 0 aliphatic heterocycles. The van der Waals surface area contributed by atoms with Gasteiger partial charge in [-0.05, 0) is 18.4 Å². The van der Waals surface area contributed by atoms with E-state index in [0.29, 0.717) is 18.4 Å². The zero-order valence-corrected chi connectivity index (χ0v) is 12.0. The second-order valence-corrected chi connectivity index (χ2v) is 7.13. The first-order chi connectivity index (χ1) is 9.41. The lowest BCUT2D eigenvalue weighted by Crippen LogP contribution is -2.48. The molecule has 0 radical (unpaired) electrons. The average Bonchev–Trinajstić information content (AvgIpc) is 2.75. The number of hydrogen-bond donors (Lipinski definition) is 2. The van der Waals surface area contributed by atoms with Crippen molar-refractivity contribution in [1.82, 2.24) is 4.72 Å². The first-order valence-corrected chi connectivity index (χ1v) is 8.33. The maximum Gasteiger partial charge on any atom is 0.305 e. The molecule has 0 aromatic heterocycles. The summed E-state index contributed by atoms with van der Waals surface area (Å²) in [5, 5.41) is 8.99. The van der Waals surface area contributed by atoms with Gasteiger partial charge in [-0.3, -0.25) is 4.79 Å². The molecule has 110 valence electrons. The van der Waals surface area contributed by atoms with Crippen LogP contribution in [0.1, 0.15) is 37.7 Å². The lowest BCUT2D eigenvalue weighted by Gasteiger charge is -2.28. The van der Waals surface area contributed by atoms with Crippen LogP contribution in [0.15, 0.2) is 30.3 Å². The molecule has 5 nitrogen and oxygen atoms in total. The zero-order valence-electron chi connectivity index (χ0n) is 11.2. The summed E-state index contributed by atoms with van der Waals surface area (Å²) in [6, 6.07) is 8.89. The van der Waals surface area contributed by atoms with E-state index in [1.807, 2.05) is 6.07 Å². The van der Waals surface area contributed by atoms with Crippen molar-refractivity contribution >= 4 is 16.0 Å². The Morgan fingerprint density at radius 3 is 2.35 bits per heavy atom. The molecule has 1 aliphatic carbocycles. The smallest absolute Gasteiger partial charge is 0.305 e. The summed E-state index contributed by atoms with van der Waals surface area (Å²) >= 11 is 0. The summed E-state index contributed by atoms with van der Waals surface area (Å²) in [6.07, 6.45) is 2.75. The number of carboxylic acid groups (broad SMARTS) is 1. The first-order valence-electron chi connectivity index (χ1n) is 6.68. The molecule has 0 amide bonds. The van der Waals surface area contributed by atoms with Gasteiger partial charge in [0.25, 0.3) is 0 Å². The van der Waals surface area contributed by atoms with Crippen LogP contribution in [0.5, 0.6) is 0 Å². The van der Waals surface area contributed by atoms with Gasteiger partial charge in [0.15, 0.2) is 0 Å². The van der Waals surface area contributed by atoms with Gasteiger partial charge in [0, 0.05) is 5.54 Å². The third-order valence-electron chi connectivity index (χ3n) is 3.62. The highest BCUT2D eigenvalue weighted by atomic mass is 32.2. The summed E-state index contributed by atoms with van der Waals surface area (Å²) in [6.45, 7) is 0. The molecule has 1 saturated carbocycles. The molecule has 0 saturated heterocycles. The van der Waals surface area contributed by atoms with E-state index in [0.717, 1.165) is 12.8 Å². The summed E-state index contributed by atoms with van der Waals surface area (Å²) in [4.78, 5) is 11.0. The molecule has 0 spiro atoms. The van der Waals surface area contributed by atoms with Gasteiger partial charge >= 0.3 is 5.97 Å². The summed E-state index contributed by atoms with van der Waals surface area (Å²) in [5.74, 6) is -1.08. The predicted molar refractivity (Wildman–Crippen MR) is 75.7 cm³/mol. The number of carboxylic acids is 1. The monoisotopic (exact) mass is 297 g/mol. The molecule has 0 unspecified atom stereocenters. The Morgan fingerprint density at radius 1 is 1.20 bits per heavy atom. The minimum atomic E-state index is -3.54. The maximum absolute atomic E-state index is 12.2. The predicted octanol–water partition coefficient (Wildman–Crippen LogP) is 1.89. The number of aliphatic carboxylic acids is 1. The van der Waals surface area contributed by atoms with Gasteiger partial charge < -0.3 is 5.11 Å². The molecule has 6 heteroatoms. The van der Waals surface area contributed by atoms with E-state index in [4.69, 9.17) is 5.11 Å². The van der Waals surface area contributed by atoms with Crippen molar-refractivity contribution in [3.05, 3.63) is 35.9 Å². The standard InChI is InChI=1S/C14H19NO4S/c16-13(17)10-14(8-4-5-9-14)15-20(18,19)11-12-6-2-1-3-7-12/h1-3,6-7,15H,4-5,8-11H2,(H,16,17). The van der Waals surface area contributed by atoms with E-state index < -0.39 is 21.5 Å². The molecule has 1 fully saturated rings. The minimum absolute atomic E-state index is 0.116. The van der Waals surface area contributed by atoms with Crippen molar-refractivity contribution in [3.63, 3.8) is 0 Å². The van der Waals surface area contributed by atoms with Gasteiger partial charge in [0.05, 0.1) is 12.2 Å². The van der Waals surface area contributed by atoms with Crippen LogP contribution in [0.3, 0.4) is 0 Å². The quantitative estimate of drug-likeness (QED) is 0.840. The van der Waals surface area contributed by atoms with Crippen LogP contribution < -0.4 is 4.72 Å². The van der Waals surface area contributed by atoms with E-state index in [-0.39, 0.29) is 12.2 Å². The molecule has 1 aliphatic rings. The lowest BCUT2D eigenvalue weighted by atomic mass is 9.95. The molecule has 2 N–H and O–H groups in total. The number of benzene rings is 1. The van der Waals surface area contributed by atoms with Crippen LogP contribution >= 0.6 is 0 Å². The van der Waals surface area contributed by atoms with Gasteiger partial charge in [-0.15, -0.1) is 0 Å². The average molecular weight is 297 g/mol. The lowest BCUT2D eigenvalue weighted by molar-refractivity contribution is -0.138. The van der Waals surface area contributed by atoms with Gasteiger partial charge in [0.1, 0.15) is 0 Å². The highest BCUT2D eigenvalue weighted by Crippen LogP contribution is 2.33. The highest BCUT2D eigenvalue weighted by molar-refractivity contribution is 7.88. The summed E-state index contributed by atoms with van der Waals surface area (Å²) in [5.41, 5.74) is -0.108. The zero-order chi connectivity index (χ0) is 14.6. The largest absolute Gasteiger partial charge is 0.481 e. The number of carbonyl (C=O) groups is 1. The third-order valence-corrected chi connectivity index (χ3v) is 5.08. The molecule has 0 heterocycles. The minimum Gasteiger partial charge on any atom is -0.481 e. The Hall–Kier alpha value is -1.40. The molecular formula is C14H19NO4S. The van der Waals surface area contributed by atoms with Crippen molar-refractivity contribution in [1.29, 1.82) is 0 Å². The molecule has 0 bridgehead atoms. The fraction of sp³-hybridized carbons (Fsp3) is 0.500. The van der Waals surface area contributed by atoms with Crippen LogP contribution in [-0.4, -0.2) is 25.0 Å². The van der Waals surface area contributed by atoms with Crippen molar-refractivity contribution in [2.24, 2.45) is 0 Å². The summed E-state index contributed by atoms with van der Waals surface area (Å²) in [7, 11) is -3.54. The molecule has 2 rings (SSSR count). The van der Waals surface area contributed by atoms with Crippen molar-refractivity contribution < 1.29 is 18.3 Å². The van der Waals surface area contributed by atoms with Crippen LogP contribution in [0.2, 0.25) is 0 Å². The SMILES string of the molecule is O=C(O)CC1(NS(=O)(=O)Cc2ccccc2)CCCC1.